The van der Waals surface area contributed by atoms with Crippen LogP contribution >= 0.6 is 0 Å². The van der Waals surface area contributed by atoms with Crippen LogP contribution in [0.15, 0.2) is 212 Å². The lowest BCUT2D eigenvalue weighted by molar-refractivity contribution is 0.258. The van der Waals surface area contributed by atoms with Gasteiger partial charge in [-0.3, -0.25) is 0 Å². The second-order valence-electron chi connectivity index (χ2n) is 14.8. The summed E-state index contributed by atoms with van der Waals surface area (Å²) in [6.07, 6.45) is 6.64. The zero-order chi connectivity index (χ0) is 37.0. The fourth-order valence-electron chi connectivity index (χ4n) is 8.91. The summed E-state index contributed by atoms with van der Waals surface area (Å²) < 4.78 is 6.88. The molecule has 0 aromatic heterocycles. The largest absolute Gasteiger partial charge is 0.484 e. The summed E-state index contributed by atoms with van der Waals surface area (Å²) in [5, 5.41) is 7.55. The van der Waals surface area contributed by atoms with Gasteiger partial charge in [0.1, 0.15) is 11.9 Å². The third kappa shape index (κ3) is 5.41. The Labute approximate surface area is 326 Å². The molecule has 2 atom stereocenters. The number of fused-ring (bicyclic) bond motifs is 8. The van der Waals surface area contributed by atoms with Gasteiger partial charge in [0.25, 0.3) is 0 Å². The maximum Gasteiger partial charge on any atom is 0.135 e. The molecule has 0 fully saturated rings. The predicted octanol–water partition coefficient (Wildman–Crippen LogP) is 14.4. The number of allylic oxidation sites excluding steroid dienone is 2. The number of nitrogens with zero attached hydrogens (tertiary/aromatic N) is 1. The van der Waals surface area contributed by atoms with Gasteiger partial charge in [-0.15, -0.1) is 0 Å². The maximum atomic E-state index is 6.88. The Balaban J connectivity index is 1.00. The summed E-state index contributed by atoms with van der Waals surface area (Å²) in [4.78, 5) is 2.41. The first-order valence-electron chi connectivity index (χ1n) is 19.4. The first kappa shape index (κ1) is 32.3. The van der Waals surface area contributed by atoms with Gasteiger partial charge in [0.15, 0.2) is 0 Å². The Morgan fingerprint density at radius 1 is 0.429 bits per heavy atom. The van der Waals surface area contributed by atoms with Crippen molar-refractivity contribution in [2.75, 3.05) is 4.90 Å². The molecule has 0 bridgehead atoms. The molecule has 0 saturated heterocycles. The van der Waals surface area contributed by atoms with Crippen LogP contribution in [0.2, 0.25) is 0 Å². The van der Waals surface area contributed by atoms with Crippen molar-refractivity contribution in [1.82, 2.24) is 0 Å². The lowest BCUT2D eigenvalue weighted by Crippen LogP contribution is -2.25. The summed E-state index contributed by atoms with van der Waals surface area (Å²) in [7, 11) is 0. The van der Waals surface area contributed by atoms with Gasteiger partial charge in [-0.1, -0.05) is 170 Å². The summed E-state index contributed by atoms with van der Waals surface area (Å²) in [5.74, 6) is 0.966. The number of rotatable bonds is 6. The summed E-state index contributed by atoms with van der Waals surface area (Å²) in [6.45, 7) is 0. The molecular formula is C54H37NO. The van der Waals surface area contributed by atoms with Crippen molar-refractivity contribution >= 4 is 55.0 Å². The molecule has 0 saturated carbocycles. The highest BCUT2D eigenvalue weighted by Gasteiger charge is 2.38. The van der Waals surface area contributed by atoms with Gasteiger partial charge >= 0.3 is 0 Å². The molecule has 264 valence electrons. The van der Waals surface area contributed by atoms with E-state index in [1.54, 1.807) is 0 Å². The lowest BCUT2D eigenvalue weighted by Gasteiger charge is -2.32. The van der Waals surface area contributed by atoms with Crippen LogP contribution in [-0.2, 0) is 0 Å². The molecule has 0 radical (unpaired) electrons. The third-order valence-electron chi connectivity index (χ3n) is 11.6. The van der Waals surface area contributed by atoms with E-state index in [0.717, 1.165) is 22.8 Å². The highest BCUT2D eigenvalue weighted by atomic mass is 16.5. The van der Waals surface area contributed by atoms with Crippen LogP contribution in [0.3, 0.4) is 0 Å². The predicted molar refractivity (Wildman–Crippen MR) is 235 cm³/mol. The zero-order valence-corrected chi connectivity index (χ0v) is 30.7. The van der Waals surface area contributed by atoms with Gasteiger partial charge in [-0.2, -0.15) is 0 Å². The van der Waals surface area contributed by atoms with Crippen LogP contribution in [-0.4, -0.2) is 6.10 Å². The molecule has 2 nitrogen and oxygen atoms in total. The van der Waals surface area contributed by atoms with E-state index < -0.39 is 0 Å². The first-order valence-corrected chi connectivity index (χ1v) is 19.4. The lowest BCUT2D eigenvalue weighted by atomic mass is 9.82. The van der Waals surface area contributed by atoms with Gasteiger partial charge in [-0.05, 0) is 103 Å². The number of anilines is 3. The van der Waals surface area contributed by atoms with Crippen LogP contribution in [0.25, 0.3) is 60.1 Å². The Hall–Kier alpha value is -7.16. The molecule has 11 rings (SSSR count). The summed E-state index contributed by atoms with van der Waals surface area (Å²) in [5.41, 5.74) is 11.8. The van der Waals surface area contributed by atoms with E-state index in [1.807, 2.05) is 0 Å². The monoisotopic (exact) mass is 715 g/mol. The molecule has 0 N–H and O–H groups in total. The minimum Gasteiger partial charge on any atom is -0.484 e. The second kappa shape index (κ2) is 13.3. The number of hydrogen-bond donors (Lipinski definition) is 0. The van der Waals surface area contributed by atoms with Crippen LogP contribution in [0.4, 0.5) is 17.1 Å². The van der Waals surface area contributed by atoms with E-state index in [-0.39, 0.29) is 12.0 Å². The maximum absolute atomic E-state index is 6.88. The summed E-state index contributed by atoms with van der Waals surface area (Å²) in [6, 6.07) is 70.3. The quantitative estimate of drug-likeness (QED) is 0.159. The Morgan fingerprint density at radius 3 is 1.79 bits per heavy atom. The average Bonchev–Trinajstić information content (AvgIpc) is 3.67. The Morgan fingerprint density at radius 2 is 1.00 bits per heavy atom. The van der Waals surface area contributed by atoms with E-state index in [9.17, 15) is 0 Å². The number of benzene rings is 9. The number of para-hydroxylation sites is 1. The van der Waals surface area contributed by atoms with Crippen LogP contribution < -0.4 is 9.64 Å². The van der Waals surface area contributed by atoms with Gasteiger partial charge in [-0.25, -0.2) is 0 Å². The SMILES string of the molecule is C1=CC(c2ccccc2N(c2ccc(-c3ccccc3)cc2)c2ccc(-c3ccc4c(ccc5ccccc54)c3)cc2)C2Oc3ccc4ccccc4c3C2=C1. The molecule has 0 spiro atoms. The molecular weight excluding hydrogens is 679 g/mol. The number of hydrogen-bond acceptors (Lipinski definition) is 2. The van der Waals surface area contributed by atoms with Crippen LogP contribution in [0.5, 0.6) is 5.75 Å². The Bertz CT molecular complexity index is 2990. The van der Waals surface area contributed by atoms with Crippen molar-refractivity contribution in [3.8, 4) is 28.0 Å². The minimum absolute atomic E-state index is 0.0106. The van der Waals surface area contributed by atoms with E-state index in [4.69, 9.17) is 4.74 Å². The molecule has 1 aliphatic heterocycles. The minimum atomic E-state index is -0.128. The van der Waals surface area contributed by atoms with E-state index in [1.165, 1.54) is 71.3 Å². The topological polar surface area (TPSA) is 12.5 Å². The third-order valence-corrected chi connectivity index (χ3v) is 11.6. The first-order chi connectivity index (χ1) is 27.8. The Kier molecular flexibility index (Phi) is 7.67. The molecule has 1 heterocycles. The van der Waals surface area contributed by atoms with Crippen molar-refractivity contribution in [3.05, 3.63) is 223 Å². The van der Waals surface area contributed by atoms with E-state index in [2.05, 4.69) is 217 Å². The normalized spacial score (nSPS) is 15.7. The molecule has 9 aromatic carbocycles. The molecule has 2 unspecified atom stereocenters. The molecule has 56 heavy (non-hydrogen) atoms. The second-order valence-corrected chi connectivity index (χ2v) is 14.8. The number of ether oxygens (including phenoxy) is 1. The molecule has 2 heteroatoms. The van der Waals surface area contributed by atoms with Crippen molar-refractivity contribution in [1.29, 1.82) is 0 Å². The van der Waals surface area contributed by atoms with E-state index in [0.29, 0.717) is 0 Å². The highest BCUT2D eigenvalue weighted by Crippen LogP contribution is 2.51. The molecule has 2 aliphatic rings. The smallest absolute Gasteiger partial charge is 0.135 e. The van der Waals surface area contributed by atoms with Crippen LogP contribution in [0, 0.1) is 0 Å². The average molecular weight is 716 g/mol. The summed E-state index contributed by atoms with van der Waals surface area (Å²) >= 11 is 0. The standard InChI is InChI=1S/C54H37NO/c1-2-11-36(12-3-1)37-23-29-43(30-24-37)55(44-31-25-38(26-32-44)41-27-33-46-42(35-41)22-21-39-13-4-6-15-45(39)46)51-20-9-8-17-48(51)49-18-10-19-50-53-47-16-7-5-14-40(47)28-34-52(53)56-54(49)50/h1-35,49,54H. The van der Waals surface area contributed by atoms with Crippen molar-refractivity contribution in [2.24, 2.45) is 0 Å². The molecule has 9 aromatic rings. The fraction of sp³-hybridized carbons (Fsp3) is 0.0370. The zero-order valence-electron chi connectivity index (χ0n) is 30.7. The van der Waals surface area contributed by atoms with Crippen LogP contribution in [0.1, 0.15) is 17.0 Å². The van der Waals surface area contributed by atoms with Gasteiger partial charge < -0.3 is 9.64 Å². The van der Waals surface area contributed by atoms with Gasteiger partial charge in [0.2, 0.25) is 0 Å². The van der Waals surface area contributed by atoms with E-state index >= 15 is 0 Å². The molecule has 0 amide bonds. The fourth-order valence-corrected chi connectivity index (χ4v) is 8.91. The van der Waals surface area contributed by atoms with Crippen molar-refractivity contribution in [2.45, 2.75) is 12.0 Å². The van der Waals surface area contributed by atoms with Crippen molar-refractivity contribution in [3.63, 3.8) is 0 Å². The molecule has 1 aliphatic carbocycles. The van der Waals surface area contributed by atoms with Gasteiger partial charge in [0, 0.05) is 28.4 Å². The highest BCUT2D eigenvalue weighted by molar-refractivity contribution is 6.08. The van der Waals surface area contributed by atoms with Crippen molar-refractivity contribution < 1.29 is 4.74 Å². The van der Waals surface area contributed by atoms with Gasteiger partial charge in [0.05, 0.1) is 5.69 Å².